The lowest BCUT2D eigenvalue weighted by atomic mass is 9.99. The van der Waals surface area contributed by atoms with Crippen LogP contribution in [0, 0.1) is 11.7 Å². The molecule has 0 saturated carbocycles. The maximum atomic E-state index is 14.0. The van der Waals surface area contributed by atoms with Crippen LogP contribution in [0.5, 0.6) is 11.5 Å². The minimum absolute atomic E-state index is 0.0678. The van der Waals surface area contributed by atoms with Gasteiger partial charge in [-0.25, -0.2) is 4.39 Å². The number of carbonyl (C=O) groups excluding carboxylic acids is 1. The molecule has 0 spiro atoms. The largest absolute Gasteiger partial charge is 0.494 e. The van der Waals surface area contributed by atoms with Gasteiger partial charge >= 0.3 is 0 Å². The van der Waals surface area contributed by atoms with Gasteiger partial charge in [0.1, 0.15) is 23.1 Å². The van der Waals surface area contributed by atoms with Crippen LogP contribution in [0.2, 0.25) is 0 Å². The molecule has 0 atom stereocenters. The monoisotopic (exact) mass is 534 g/mol. The highest BCUT2D eigenvalue weighted by Crippen LogP contribution is 2.29. The summed E-state index contributed by atoms with van der Waals surface area (Å²) >= 11 is 0. The Kier molecular flexibility index (Phi) is 10.5. The van der Waals surface area contributed by atoms with Crippen LogP contribution in [-0.4, -0.2) is 55.2 Å². The van der Waals surface area contributed by atoms with E-state index in [0.717, 1.165) is 61.0 Å². The first kappa shape index (κ1) is 28.7. The van der Waals surface area contributed by atoms with Gasteiger partial charge in [-0.15, -0.1) is 0 Å². The van der Waals surface area contributed by atoms with Crippen molar-refractivity contribution < 1.29 is 23.4 Å². The molecule has 6 nitrogen and oxygen atoms in total. The van der Waals surface area contributed by atoms with E-state index in [1.807, 2.05) is 51.2 Å². The molecule has 0 radical (unpaired) electrons. The number of nitrogens with zero attached hydrogens (tertiary/aromatic N) is 2. The van der Waals surface area contributed by atoms with Crippen molar-refractivity contribution in [1.82, 2.24) is 9.88 Å². The molecular formula is C32H39FN2O4. The highest BCUT2D eigenvalue weighted by molar-refractivity contribution is 5.81. The van der Waals surface area contributed by atoms with Crippen molar-refractivity contribution in [2.75, 3.05) is 39.5 Å². The molecule has 0 aliphatic carbocycles. The van der Waals surface area contributed by atoms with Crippen molar-refractivity contribution in [1.29, 1.82) is 0 Å². The Hall–Kier alpha value is -3.29. The van der Waals surface area contributed by atoms with E-state index >= 15 is 0 Å². The Morgan fingerprint density at radius 2 is 1.87 bits per heavy atom. The van der Waals surface area contributed by atoms with E-state index in [2.05, 4.69) is 22.0 Å². The molecule has 0 N–H and O–H groups in total. The van der Waals surface area contributed by atoms with Crippen LogP contribution in [0.4, 0.5) is 4.39 Å². The number of Topliss-reactive ketones (excluding diaryl/α,β-unsaturated/α-hetero) is 1. The molecule has 208 valence electrons. The average Bonchev–Trinajstić information content (AvgIpc) is 2.92. The van der Waals surface area contributed by atoms with Crippen LogP contribution in [0.15, 0.2) is 54.7 Å². The summed E-state index contributed by atoms with van der Waals surface area (Å²) in [5, 5.41) is 0. The van der Waals surface area contributed by atoms with Crippen molar-refractivity contribution in [3.63, 3.8) is 0 Å². The van der Waals surface area contributed by atoms with Crippen molar-refractivity contribution in [3.8, 4) is 22.6 Å². The number of rotatable bonds is 13. The Morgan fingerprint density at radius 1 is 1.05 bits per heavy atom. The van der Waals surface area contributed by atoms with Crippen molar-refractivity contribution in [2.45, 2.75) is 46.6 Å². The lowest BCUT2D eigenvalue weighted by molar-refractivity contribution is -0.118. The number of ether oxygens (including phenoxy) is 3. The van der Waals surface area contributed by atoms with Gasteiger partial charge < -0.3 is 14.2 Å². The first-order valence-electron chi connectivity index (χ1n) is 13.8. The highest BCUT2D eigenvalue weighted by atomic mass is 19.1. The number of ketones is 1. The van der Waals surface area contributed by atoms with Gasteiger partial charge in [-0.05, 0) is 66.3 Å². The molecule has 0 bridgehead atoms. The number of benzene rings is 2. The lowest BCUT2D eigenvalue weighted by Crippen LogP contribution is -2.35. The summed E-state index contributed by atoms with van der Waals surface area (Å²) in [6, 6.07) is 14.8. The Morgan fingerprint density at radius 3 is 2.59 bits per heavy atom. The quantitative estimate of drug-likeness (QED) is 0.272. The van der Waals surface area contributed by atoms with Crippen LogP contribution in [-0.2, 0) is 28.9 Å². The smallest absolute Gasteiger partial charge is 0.139 e. The van der Waals surface area contributed by atoms with Gasteiger partial charge in [0, 0.05) is 56.0 Å². The van der Waals surface area contributed by atoms with E-state index in [0.29, 0.717) is 37.7 Å². The molecule has 0 unspecified atom stereocenters. The van der Waals surface area contributed by atoms with E-state index in [9.17, 15) is 9.18 Å². The number of morpholine rings is 1. The van der Waals surface area contributed by atoms with Gasteiger partial charge in [0.05, 0.1) is 26.4 Å². The normalized spacial score (nSPS) is 14.0. The first-order chi connectivity index (χ1) is 18.9. The third-order valence-electron chi connectivity index (χ3n) is 6.61. The molecule has 4 rings (SSSR count). The lowest BCUT2D eigenvalue weighted by Gasteiger charge is -2.27. The number of aromatic nitrogens is 1. The molecule has 3 aromatic rings. The molecular weight excluding hydrogens is 495 g/mol. The fourth-order valence-corrected chi connectivity index (χ4v) is 4.61. The predicted octanol–water partition coefficient (Wildman–Crippen LogP) is 5.90. The second-order valence-corrected chi connectivity index (χ2v) is 10.4. The van der Waals surface area contributed by atoms with E-state index < -0.39 is 0 Å². The van der Waals surface area contributed by atoms with Gasteiger partial charge in [0.15, 0.2) is 0 Å². The van der Waals surface area contributed by atoms with Crippen LogP contribution in [0.1, 0.15) is 44.0 Å². The molecule has 1 aliphatic heterocycles. The van der Waals surface area contributed by atoms with Crippen molar-refractivity contribution in [2.24, 2.45) is 5.92 Å². The molecule has 1 aliphatic rings. The summed E-state index contributed by atoms with van der Waals surface area (Å²) in [5.74, 6) is 1.43. The zero-order chi connectivity index (χ0) is 27.6. The van der Waals surface area contributed by atoms with Gasteiger partial charge in [-0.3, -0.25) is 14.7 Å². The van der Waals surface area contributed by atoms with E-state index in [1.165, 1.54) is 17.7 Å². The Balaban J connectivity index is 1.38. The van der Waals surface area contributed by atoms with Crippen LogP contribution < -0.4 is 9.47 Å². The molecule has 1 saturated heterocycles. The maximum Gasteiger partial charge on any atom is 0.139 e. The average molecular weight is 535 g/mol. The summed E-state index contributed by atoms with van der Waals surface area (Å²) in [7, 11) is 0. The number of pyridine rings is 1. The molecule has 2 heterocycles. The number of hydrogen-bond acceptors (Lipinski definition) is 6. The number of aryl methyl sites for hydroxylation is 1. The summed E-state index contributed by atoms with van der Waals surface area (Å²) in [6.07, 6.45) is 2.87. The minimum atomic E-state index is -0.349. The van der Waals surface area contributed by atoms with E-state index in [4.69, 9.17) is 14.2 Å². The van der Waals surface area contributed by atoms with E-state index in [1.54, 1.807) is 0 Å². The standard InChI is InChI=1S/C32H39FN2O4/c1-4-38-30-9-10-32(26(17-30)21-35-11-13-37-14-12-35)25-6-7-28(34-20-25)19-29(36)8-5-24-15-27(33)18-31(16-24)39-22-23(2)3/h6-7,9-10,15-18,20,23H,4-5,8,11-14,19,21-22H2,1-3H3. The van der Waals surface area contributed by atoms with Crippen molar-refractivity contribution >= 4 is 5.78 Å². The summed E-state index contributed by atoms with van der Waals surface area (Å²) < 4.78 is 30.9. The van der Waals surface area contributed by atoms with E-state index in [-0.39, 0.29) is 18.0 Å². The second kappa shape index (κ2) is 14.2. The molecule has 7 heteroatoms. The number of hydrogen-bond donors (Lipinski definition) is 0. The second-order valence-electron chi connectivity index (χ2n) is 10.4. The Bertz CT molecular complexity index is 1220. The molecule has 39 heavy (non-hydrogen) atoms. The van der Waals surface area contributed by atoms with Gasteiger partial charge in [-0.2, -0.15) is 0 Å². The third-order valence-corrected chi connectivity index (χ3v) is 6.61. The molecule has 0 amide bonds. The van der Waals surface area contributed by atoms with Crippen molar-refractivity contribution in [3.05, 3.63) is 77.4 Å². The SMILES string of the molecule is CCOc1ccc(-c2ccc(CC(=O)CCc3cc(F)cc(OCC(C)C)c3)nc2)c(CN2CCOCC2)c1. The van der Waals surface area contributed by atoms with Gasteiger partial charge in [0.2, 0.25) is 0 Å². The first-order valence-corrected chi connectivity index (χ1v) is 13.8. The van der Waals surface area contributed by atoms with Gasteiger partial charge in [-0.1, -0.05) is 26.0 Å². The zero-order valence-corrected chi connectivity index (χ0v) is 23.2. The molecule has 1 aromatic heterocycles. The summed E-state index contributed by atoms with van der Waals surface area (Å²) in [5.41, 5.74) is 4.78. The molecule has 2 aromatic carbocycles. The summed E-state index contributed by atoms with van der Waals surface area (Å²) in [6.45, 7) is 11.3. The fraction of sp³-hybridized carbons (Fsp3) is 0.438. The fourth-order valence-electron chi connectivity index (χ4n) is 4.61. The zero-order valence-electron chi connectivity index (χ0n) is 23.2. The Labute approximate surface area is 231 Å². The van der Waals surface area contributed by atoms with Gasteiger partial charge in [0.25, 0.3) is 0 Å². The summed E-state index contributed by atoms with van der Waals surface area (Å²) in [4.78, 5) is 19.7. The number of carbonyl (C=O) groups is 1. The van der Waals surface area contributed by atoms with Crippen LogP contribution in [0.25, 0.3) is 11.1 Å². The highest BCUT2D eigenvalue weighted by Gasteiger charge is 2.15. The predicted molar refractivity (Wildman–Crippen MR) is 151 cm³/mol. The molecule has 1 fully saturated rings. The maximum absolute atomic E-state index is 14.0. The van der Waals surface area contributed by atoms with Crippen LogP contribution >= 0.6 is 0 Å². The van der Waals surface area contributed by atoms with Crippen LogP contribution in [0.3, 0.4) is 0 Å². The topological polar surface area (TPSA) is 60.9 Å². The third kappa shape index (κ3) is 8.87. The minimum Gasteiger partial charge on any atom is -0.494 e. The number of halogens is 1.